The Bertz CT molecular complexity index is 398. The molecule has 1 aromatic carbocycles. The zero-order valence-corrected chi connectivity index (χ0v) is 12.2. The minimum Gasteiger partial charge on any atom is -0.368 e. The SMILES string of the molecule is CC(C)NC(CCSc1ccccc1Cl)C(N)=O. The molecule has 1 aromatic rings. The standard InChI is InChI=1S/C13H19ClN2OS/c1-9(2)16-11(13(15)17)7-8-18-12-6-4-3-5-10(12)14/h3-6,9,11,16H,7-8H2,1-2H3,(H2,15,17). The van der Waals surface area contributed by atoms with Crippen molar-refractivity contribution < 1.29 is 4.79 Å². The van der Waals surface area contributed by atoms with Crippen molar-refractivity contribution in [3.63, 3.8) is 0 Å². The topological polar surface area (TPSA) is 55.1 Å². The van der Waals surface area contributed by atoms with Crippen LogP contribution in [0.25, 0.3) is 0 Å². The van der Waals surface area contributed by atoms with Crippen LogP contribution in [0.2, 0.25) is 5.02 Å². The Labute approximate surface area is 117 Å². The number of amides is 1. The van der Waals surface area contributed by atoms with E-state index < -0.39 is 0 Å². The van der Waals surface area contributed by atoms with Crippen molar-refractivity contribution in [3.05, 3.63) is 29.3 Å². The van der Waals surface area contributed by atoms with E-state index in [1.54, 1.807) is 11.8 Å². The minimum atomic E-state index is -0.302. The molecule has 1 atom stereocenters. The maximum absolute atomic E-state index is 11.3. The maximum atomic E-state index is 11.3. The third-order valence-corrected chi connectivity index (χ3v) is 3.93. The Kier molecular flexibility index (Phi) is 6.54. The number of hydrogen-bond donors (Lipinski definition) is 2. The van der Waals surface area contributed by atoms with Gasteiger partial charge in [0.2, 0.25) is 5.91 Å². The van der Waals surface area contributed by atoms with Gasteiger partial charge in [0.15, 0.2) is 0 Å². The Morgan fingerprint density at radius 3 is 2.67 bits per heavy atom. The van der Waals surface area contributed by atoms with Crippen molar-refractivity contribution in [3.8, 4) is 0 Å². The number of nitrogens with two attached hydrogens (primary N) is 1. The normalized spacial score (nSPS) is 12.7. The summed E-state index contributed by atoms with van der Waals surface area (Å²) in [4.78, 5) is 12.3. The number of benzene rings is 1. The second kappa shape index (κ2) is 7.67. The predicted molar refractivity (Wildman–Crippen MR) is 78.0 cm³/mol. The Morgan fingerprint density at radius 1 is 1.44 bits per heavy atom. The number of rotatable bonds is 7. The van der Waals surface area contributed by atoms with Crippen LogP contribution in [0.3, 0.4) is 0 Å². The first-order valence-electron chi connectivity index (χ1n) is 5.93. The van der Waals surface area contributed by atoms with Crippen molar-refractivity contribution >= 4 is 29.3 Å². The summed E-state index contributed by atoms with van der Waals surface area (Å²) < 4.78 is 0. The van der Waals surface area contributed by atoms with Gasteiger partial charge in [-0.3, -0.25) is 4.79 Å². The monoisotopic (exact) mass is 286 g/mol. The van der Waals surface area contributed by atoms with Crippen molar-refractivity contribution in [2.75, 3.05) is 5.75 Å². The summed E-state index contributed by atoms with van der Waals surface area (Å²) in [7, 11) is 0. The molecule has 0 aliphatic heterocycles. The number of hydrogen-bond acceptors (Lipinski definition) is 3. The van der Waals surface area contributed by atoms with Crippen LogP contribution in [-0.2, 0) is 4.79 Å². The van der Waals surface area contributed by atoms with E-state index in [9.17, 15) is 4.79 Å². The van der Waals surface area contributed by atoms with Crippen molar-refractivity contribution in [2.24, 2.45) is 5.73 Å². The van der Waals surface area contributed by atoms with Gasteiger partial charge < -0.3 is 11.1 Å². The molecule has 1 amide bonds. The van der Waals surface area contributed by atoms with E-state index in [1.165, 1.54) is 0 Å². The van der Waals surface area contributed by atoms with Crippen molar-refractivity contribution in [1.82, 2.24) is 5.32 Å². The molecule has 0 saturated carbocycles. The fourth-order valence-electron chi connectivity index (χ4n) is 1.56. The quantitative estimate of drug-likeness (QED) is 0.758. The van der Waals surface area contributed by atoms with E-state index in [2.05, 4.69) is 5.32 Å². The maximum Gasteiger partial charge on any atom is 0.234 e. The van der Waals surface area contributed by atoms with E-state index in [4.69, 9.17) is 17.3 Å². The lowest BCUT2D eigenvalue weighted by atomic mass is 10.2. The number of primary amides is 1. The zero-order chi connectivity index (χ0) is 13.5. The van der Waals surface area contributed by atoms with Crippen LogP contribution in [-0.4, -0.2) is 23.7 Å². The van der Waals surface area contributed by atoms with Gasteiger partial charge in [-0.25, -0.2) is 0 Å². The highest BCUT2D eigenvalue weighted by Gasteiger charge is 2.15. The van der Waals surface area contributed by atoms with Crippen LogP contribution in [0.15, 0.2) is 29.2 Å². The number of carbonyl (C=O) groups excluding carboxylic acids is 1. The third-order valence-electron chi connectivity index (χ3n) is 2.38. The second-order valence-corrected chi connectivity index (χ2v) is 5.89. The molecule has 0 spiro atoms. The molecule has 0 aromatic heterocycles. The van der Waals surface area contributed by atoms with Gasteiger partial charge in [-0.2, -0.15) is 0 Å². The van der Waals surface area contributed by atoms with Crippen molar-refractivity contribution in [2.45, 2.75) is 37.2 Å². The lowest BCUT2D eigenvalue weighted by Crippen LogP contribution is -2.44. The summed E-state index contributed by atoms with van der Waals surface area (Å²) in [5.41, 5.74) is 5.36. The van der Waals surface area contributed by atoms with Gasteiger partial charge in [-0.05, 0) is 18.6 Å². The highest BCUT2D eigenvalue weighted by atomic mass is 35.5. The minimum absolute atomic E-state index is 0.243. The van der Waals surface area contributed by atoms with E-state index in [-0.39, 0.29) is 18.0 Å². The molecule has 0 bridgehead atoms. The molecule has 0 saturated heterocycles. The summed E-state index contributed by atoms with van der Waals surface area (Å²) in [5, 5.41) is 3.90. The molecule has 0 heterocycles. The van der Waals surface area contributed by atoms with Gasteiger partial charge in [0.05, 0.1) is 11.1 Å². The van der Waals surface area contributed by atoms with Crippen LogP contribution < -0.4 is 11.1 Å². The molecule has 5 heteroatoms. The second-order valence-electron chi connectivity index (χ2n) is 4.34. The fraction of sp³-hybridized carbons (Fsp3) is 0.462. The number of thioether (sulfide) groups is 1. The van der Waals surface area contributed by atoms with Gasteiger partial charge in [0.25, 0.3) is 0 Å². The van der Waals surface area contributed by atoms with E-state index in [0.29, 0.717) is 6.42 Å². The average Bonchev–Trinajstić information content (AvgIpc) is 2.29. The van der Waals surface area contributed by atoms with Crippen LogP contribution in [0.5, 0.6) is 0 Å². The lowest BCUT2D eigenvalue weighted by Gasteiger charge is -2.17. The zero-order valence-electron chi connectivity index (χ0n) is 10.7. The molecular formula is C13H19ClN2OS. The predicted octanol–water partition coefficient (Wildman–Crippen LogP) is 2.67. The van der Waals surface area contributed by atoms with Crippen LogP contribution >= 0.6 is 23.4 Å². The molecule has 1 rings (SSSR count). The molecular weight excluding hydrogens is 268 g/mol. The van der Waals surface area contributed by atoms with Gasteiger partial charge in [-0.1, -0.05) is 37.6 Å². The number of halogens is 1. The summed E-state index contributed by atoms with van der Waals surface area (Å²) in [6, 6.07) is 7.66. The highest BCUT2D eigenvalue weighted by molar-refractivity contribution is 7.99. The van der Waals surface area contributed by atoms with E-state index >= 15 is 0 Å². The summed E-state index contributed by atoms with van der Waals surface area (Å²) in [5.74, 6) is 0.500. The van der Waals surface area contributed by atoms with Crippen LogP contribution in [0.4, 0.5) is 0 Å². The van der Waals surface area contributed by atoms with Gasteiger partial charge in [0, 0.05) is 16.7 Å². The lowest BCUT2D eigenvalue weighted by molar-refractivity contribution is -0.120. The first kappa shape index (κ1) is 15.3. The van der Waals surface area contributed by atoms with E-state index in [1.807, 2.05) is 38.1 Å². The highest BCUT2D eigenvalue weighted by Crippen LogP contribution is 2.27. The van der Waals surface area contributed by atoms with Crippen LogP contribution in [0, 0.1) is 0 Å². The summed E-state index contributed by atoms with van der Waals surface area (Å²) >= 11 is 7.70. The van der Waals surface area contributed by atoms with Crippen molar-refractivity contribution in [1.29, 1.82) is 0 Å². The van der Waals surface area contributed by atoms with Gasteiger partial charge in [-0.15, -0.1) is 11.8 Å². The molecule has 3 N–H and O–H groups in total. The third kappa shape index (κ3) is 5.29. The smallest absolute Gasteiger partial charge is 0.234 e. The first-order valence-corrected chi connectivity index (χ1v) is 7.29. The van der Waals surface area contributed by atoms with E-state index in [0.717, 1.165) is 15.7 Å². The summed E-state index contributed by atoms with van der Waals surface area (Å²) in [6.07, 6.45) is 0.698. The average molecular weight is 287 g/mol. The molecule has 0 aliphatic carbocycles. The Morgan fingerprint density at radius 2 is 2.11 bits per heavy atom. The molecule has 3 nitrogen and oxygen atoms in total. The summed E-state index contributed by atoms with van der Waals surface area (Å²) in [6.45, 7) is 3.99. The molecule has 0 fully saturated rings. The molecule has 100 valence electrons. The molecule has 1 unspecified atom stereocenters. The van der Waals surface area contributed by atoms with Gasteiger partial charge in [0.1, 0.15) is 0 Å². The van der Waals surface area contributed by atoms with Gasteiger partial charge >= 0.3 is 0 Å². The molecule has 18 heavy (non-hydrogen) atoms. The first-order chi connectivity index (χ1) is 8.50. The fourth-order valence-corrected chi connectivity index (χ4v) is 2.81. The Balaban J connectivity index is 2.44. The largest absolute Gasteiger partial charge is 0.368 e. The number of carbonyl (C=O) groups is 1. The molecule has 0 aliphatic rings. The van der Waals surface area contributed by atoms with Crippen LogP contribution in [0.1, 0.15) is 20.3 Å². The molecule has 0 radical (unpaired) electrons. The Hall–Kier alpha value is -0.710. The number of nitrogens with one attached hydrogen (secondary N) is 1.